The van der Waals surface area contributed by atoms with Crippen molar-refractivity contribution in [1.82, 2.24) is 5.32 Å². The number of hydrogen-bond donors (Lipinski definition) is 2. The number of carbonyl (C=O) groups excluding carboxylic acids is 1. The topological polar surface area (TPSA) is 55.1 Å². The minimum atomic E-state index is -0.306. The summed E-state index contributed by atoms with van der Waals surface area (Å²) in [6, 6.07) is -0.298. The summed E-state index contributed by atoms with van der Waals surface area (Å²) in [5, 5.41) is 3.03. The Labute approximate surface area is 81.1 Å². The Kier molecular flexibility index (Phi) is 5.18. The fourth-order valence-corrected chi connectivity index (χ4v) is 1.19. The molecule has 0 aliphatic carbocycles. The highest BCUT2D eigenvalue weighted by atomic mass is 16.1. The smallest absolute Gasteiger partial charge is 0.154 e. The van der Waals surface area contributed by atoms with E-state index in [0.717, 1.165) is 19.4 Å². The van der Waals surface area contributed by atoms with Gasteiger partial charge in [0.2, 0.25) is 0 Å². The van der Waals surface area contributed by atoms with Crippen LogP contribution in [-0.4, -0.2) is 25.4 Å². The molecule has 0 aliphatic rings. The maximum atomic E-state index is 11.6. The molecule has 3 N–H and O–H groups in total. The normalized spacial score (nSPS) is 14.2. The Morgan fingerprint density at radius 1 is 1.46 bits per heavy atom. The van der Waals surface area contributed by atoms with Crippen molar-refractivity contribution in [3.05, 3.63) is 0 Å². The summed E-state index contributed by atoms with van der Waals surface area (Å²) in [7, 11) is 1.90. The molecule has 0 aromatic carbocycles. The minimum absolute atomic E-state index is 0.156. The summed E-state index contributed by atoms with van der Waals surface area (Å²) in [6.45, 7) is 6.65. The first kappa shape index (κ1) is 12.6. The van der Waals surface area contributed by atoms with Crippen LogP contribution < -0.4 is 11.1 Å². The highest BCUT2D eigenvalue weighted by molar-refractivity contribution is 5.88. The van der Waals surface area contributed by atoms with Crippen LogP contribution in [0.3, 0.4) is 0 Å². The fourth-order valence-electron chi connectivity index (χ4n) is 1.19. The molecule has 0 fully saturated rings. The predicted octanol–water partition coefficient (Wildman–Crippen LogP) is 0.928. The maximum Gasteiger partial charge on any atom is 0.154 e. The lowest BCUT2D eigenvalue weighted by Crippen LogP contribution is -2.39. The van der Waals surface area contributed by atoms with Gasteiger partial charge in [-0.1, -0.05) is 20.8 Å². The molecule has 1 atom stereocenters. The van der Waals surface area contributed by atoms with Crippen LogP contribution >= 0.6 is 0 Å². The van der Waals surface area contributed by atoms with Gasteiger partial charge in [0, 0.05) is 5.41 Å². The van der Waals surface area contributed by atoms with Crippen LogP contribution in [0.2, 0.25) is 0 Å². The SMILES string of the molecule is CNCCCC(N)C(=O)C(C)(C)C. The zero-order valence-electron chi connectivity index (χ0n) is 9.18. The summed E-state index contributed by atoms with van der Waals surface area (Å²) >= 11 is 0. The first-order valence-electron chi connectivity index (χ1n) is 4.84. The first-order chi connectivity index (χ1) is 5.89. The number of nitrogens with two attached hydrogens (primary N) is 1. The van der Waals surface area contributed by atoms with E-state index in [1.165, 1.54) is 0 Å². The van der Waals surface area contributed by atoms with Gasteiger partial charge in [0.15, 0.2) is 5.78 Å². The summed E-state index contributed by atoms with van der Waals surface area (Å²) in [4.78, 5) is 11.6. The number of rotatable bonds is 5. The molecule has 0 radical (unpaired) electrons. The van der Waals surface area contributed by atoms with Crippen molar-refractivity contribution in [2.24, 2.45) is 11.1 Å². The zero-order chi connectivity index (χ0) is 10.5. The van der Waals surface area contributed by atoms with Gasteiger partial charge in [0.1, 0.15) is 0 Å². The minimum Gasteiger partial charge on any atom is -0.321 e. The van der Waals surface area contributed by atoms with E-state index in [1.807, 2.05) is 27.8 Å². The lowest BCUT2D eigenvalue weighted by Gasteiger charge is -2.21. The summed E-state index contributed by atoms with van der Waals surface area (Å²) in [5.41, 5.74) is 5.46. The Hall–Kier alpha value is -0.410. The molecule has 78 valence electrons. The summed E-state index contributed by atoms with van der Waals surface area (Å²) < 4.78 is 0. The monoisotopic (exact) mass is 186 g/mol. The van der Waals surface area contributed by atoms with E-state index in [0.29, 0.717) is 0 Å². The molecule has 0 aliphatic heterocycles. The third-order valence-corrected chi connectivity index (χ3v) is 2.02. The number of Topliss-reactive ketones (excluding diaryl/α,β-unsaturated/α-hetero) is 1. The van der Waals surface area contributed by atoms with E-state index in [9.17, 15) is 4.79 Å². The molecule has 3 heteroatoms. The van der Waals surface area contributed by atoms with Crippen molar-refractivity contribution in [2.75, 3.05) is 13.6 Å². The molecule has 0 saturated heterocycles. The molecule has 0 aromatic heterocycles. The molecule has 13 heavy (non-hydrogen) atoms. The molecule has 0 amide bonds. The van der Waals surface area contributed by atoms with E-state index in [-0.39, 0.29) is 17.2 Å². The number of carbonyl (C=O) groups is 1. The lowest BCUT2D eigenvalue weighted by molar-refractivity contribution is -0.127. The van der Waals surface area contributed by atoms with Gasteiger partial charge in [-0.2, -0.15) is 0 Å². The average Bonchev–Trinajstić information content (AvgIpc) is 2.01. The molecule has 0 heterocycles. The van der Waals surface area contributed by atoms with Crippen LogP contribution in [0.15, 0.2) is 0 Å². The maximum absolute atomic E-state index is 11.6. The Morgan fingerprint density at radius 2 is 2.00 bits per heavy atom. The molecule has 0 rings (SSSR count). The van der Waals surface area contributed by atoms with Crippen LogP contribution in [-0.2, 0) is 4.79 Å². The zero-order valence-corrected chi connectivity index (χ0v) is 9.18. The van der Waals surface area contributed by atoms with Crippen molar-refractivity contribution in [1.29, 1.82) is 0 Å². The molecule has 0 aromatic rings. The summed E-state index contributed by atoms with van der Waals surface area (Å²) in [5.74, 6) is 0.156. The Bertz CT molecular complexity index is 161. The van der Waals surface area contributed by atoms with E-state index in [2.05, 4.69) is 5.32 Å². The van der Waals surface area contributed by atoms with Crippen LogP contribution in [0, 0.1) is 5.41 Å². The molecule has 3 nitrogen and oxygen atoms in total. The van der Waals surface area contributed by atoms with Gasteiger partial charge < -0.3 is 11.1 Å². The van der Waals surface area contributed by atoms with Crippen molar-refractivity contribution >= 4 is 5.78 Å². The molecule has 0 spiro atoms. The summed E-state index contributed by atoms with van der Waals surface area (Å²) in [6.07, 6.45) is 1.73. The molecule has 0 bridgehead atoms. The number of ketones is 1. The van der Waals surface area contributed by atoms with E-state index < -0.39 is 0 Å². The second kappa shape index (κ2) is 5.35. The fraction of sp³-hybridized carbons (Fsp3) is 0.900. The molecular formula is C10H22N2O. The van der Waals surface area contributed by atoms with Gasteiger partial charge in [-0.05, 0) is 26.4 Å². The third-order valence-electron chi connectivity index (χ3n) is 2.02. The standard InChI is InChI=1S/C10H22N2O/c1-10(2,3)9(13)8(11)6-5-7-12-4/h8,12H,5-7,11H2,1-4H3. The van der Waals surface area contributed by atoms with Gasteiger partial charge in [0.05, 0.1) is 6.04 Å². The van der Waals surface area contributed by atoms with Gasteiger partial charge in [-0.25, -0.2) is 0 Å². The highest BCUT2D eigenvalue weighted by Crippen LogP contribution is 2.17. The van der Waals surface area contributed by atoms with Gasteiger partial charge >= 0.3 is 0 Å². The van der Waals surface area contributed by atoms with Crippen LogP contribution in [0.5, 0.6) is 0 Å². The van der Waals surface area contributed by atoms with Crippen LogP contribution in [0.1, 0.15) is 33.6 Å². The van der Waals surface area contributed by atoms with Crippen molar-refractivity contribution in [3.8, 4) is 0 Å². The van der Waals surface area contributed by atoms with E-state index >= 15 is 0 Å². The highest BCUT2D eigenvalue weighted by Gasteiger charge is 2.26. The van der Waals surface area contributed by atoms with Gasteiger partial charge in [0.25, 0.3) is 0 Å². The van der Waals surface area contributed by atoms with E-state index in [1.54, 1.807) is 0 Å². The molecular weight excluding hydrogens is 164 g/mol. The molecule has 1 unspecified atom stereocenters. The van der Waals surface area contributed by atoms with Crippen LogP contribution in [0.25, 0.3) is 0 Å². The Morgan fingerprint density at radius 3 is 2.38 bits per heavy atom. The van der Waals surface area contributed by atoms with Crippen molar-refractivity contribution in [2.45, 2.75) is 39.7 Å². The number of hydrogen-bond acceptors (Lipinski definition) is 3. The molecule has 0 saturated carbocycles. The van der Waals surface area contributed by atoms with Gasteiger partial charge in [-0.15, -0.1) is 0 Å². The van der Waals surface area contributed by atoms with Crippen molar-refractivity contribution in [3.63, 3.8) is 0 Å². The second-order valence-corrected chi connectivity index (χ2v) is 4.47. The van der Waals surface area contributed by atoms with Gasteiger partial charge in [-0.3, -0.25) is 4.79 Å². The van der Waals surface area contributed by atoms with Crippen LogP contribution in [0.4, 0.5) is 0 Å². The lowest BCUT2D eigenvalue weighted by atomic mass is 9.85. The third kappa shape index (κ3) is 5.01. The largest absolute Gasteiger partial charge is 0.321 e. The number of nitrogens with one attached hydrogen (secondary N) is 1. The second-order valence-electron chi connectivity index (χ2n) is 4.47. The predicted molar refractivity (Wildman–Crippen MR) is 55.6 cm³/mol. The van der Waals surface area contributed by atoms with E-state index in [4.69, 9.17) is 5.73 Å². The Balaban J connectivity index is 3.84. The quantitative estimate of drug-likeness (QED) is 0.628. The average molecular weight is 186 g/mol. The first-order valence-corrected chi connectivity index (χ1v) is 4.84. The van der Waals surface area contributed by atoms with Crippen molar-refractivity contribution < 1.29 is 4.79 Å².